The van der Waals surface area contributed by atoms with E-state index in [-0.39, 0.29) is 26.2 Å². The molecule has 1 N–H and O–H groups in total. The zero-order valence-corrected chi connectivity index (χ0v) is 17.3. The zero-order valence-electron chi connectivity index (χ0n) is 17.3. The number of carbonyl (C=O) groups is 1. The summed E-state index contributed by atoms with van der Waals surface area (Å²) in [6, 6.07) is 10.1. The minimum Gasteiger partial charge on any atom is -0.349 e. The SMILES string of the molecule is C.CCCC(=O)N[C@H]1CC2(CCN([C@@H]3CC45C[C@H]4CC[C@@H]35)CC2)c2ccccc21.[HH]. The summed E-state index contributed by atoms with van der Waals surface area (Å²) >= 11 is 0. The molecule has 1 heterocycles. The lowest BCUT2D eigenvalue weighted by atomic mass is 9.65. The van der Waals surface area contributed by atoms with Gasteiger partial charge in [0.05, 0.1) is 6.04 Å². The van der Waals surface area contributed by atoms with E-state index in [4.69, 9.17) is 0 Å². The van der Waals surface area contributed by atoms with Gasteiger partial charge in [0.15, 0.2) is 0 Å². The molecule has 1 amide bonds. The van der Waals surface area contributed by atoms with Gasteiger partial charge in [-0.1, -0.05) is 38.6 Å². The molecule has 4 fully saturated rings. The molecule has 160 valence electrons. The summed E-state index contributed by atoms with van der Waals surface area (Å²) in [7, 11) is 0. The number of nitrogens with zero attached hydrogens (tertiary/aromatic N) is 1. The van der Waals surface area contributed by atoms with Crippen molar-refractivity contribution in [3.8, 4) is 0 Å². The third-order valence-electron chi connectivity index (χ3n) is 9.44. The van der Waals surface area contributed by atoms with E-state index in [1.807, 2.05) is 0 Å². The fourth-order valence-corrected chi connectivity index (χ4v) is 7.92. The Bertz CT molecular complexity index is 800. The number of hydrogen-bond acceptors (Lipinski definition) is 2. The van der Waals surface area contributed by atoms with Gasteiger partial charge >= 0.3 is 0 Å². The molecular formula is C26H40N2O. The second-order valence-corrected chi connectivity index (χ2v) is 10.6. The third-order valence-corrected chi connectivity index (χ3v) is 9.44. The highest BCUT2D eigenvalue weighted by molar-refractivity contribution is 5.76. The molecule has 29 heavy (non-hydrogen) atoms. The summed E-state index contributed by atoms with van der Waals surface area (Å²) in [6.07, 6.45) is 11.3. The summed E-state index contributed by atoms with van der Waals surface area (Å²) in [5.74, 6) is 2.36. The van der Waals surface area contributed by atoms with Crippen molar-refractivity contribution in [2.45, 2.75) is 89.6 Å². The summed E-state index contributed by atoms with van der Waals surface area (Å²) in [4.78, 5) is 15.1. The molecule has 5 atom stereocenters. The van der Waals surface area contributed by atoms with Gasteiger partial charge in [-0.2, -0.15) is 0 Å². The number of carbonyl (C=O) groups excluding carboxylic acids is 1. The van der Waals surface area contributed by atoms with Crippen LogP contribution >= 0.6 is 0 Å². The fraction of sp³-hybridized carbons (Fsp3) is 0.731. The maximum atomic E-state index is 12.3. The first-order valence-corrected chi connectivity index (χ1v) is 11.8. The third kappa shape index (κ3) is 2.76. The molecule has 1 saturated heterocycles. The number of rotatable bonds is 4. The number of fused-ring (bicyclic) bond motifs is 2. The Morgan fingerprint density at radius 1 is 1.17 bits per heavy atom. The summed E-state index contributed by atoms with van der Waals surface area (Å²) in [5, 5.41) is 3.35. The van der Waals surface area contributed by atoms with E-state index in [0.717, 1.165) is 36.1 Å². The van der Waals surface area contributed by atoms with Crippen LogP contribution in [0.25, 0.3) is 0 Å². The van der Waals surface area contributed by atoms with Crippen molar-refractivity contribution >= 4 is 5.91 Å². The second-order valence-electron chi connectivity index (χ2n) is 10.6. The van der Waals surface area contributed by atoms with Gasteiger partial charge in [-0.25, -0.2) is 0 Å². The first-order chi connectivity index (χ1) is 13.7. The Balaban J connectivity index is 0.00000109. The largest absolute Gasteiger partial charge is 0.349 e. The summed E-state index contributed by atoms with van der Waals surface area (Å²) in [6.45, 7) is 4.59. The Morgan fingerprint density at radius 2 is 1.97 bits per heavy atom. The summed E-state index contributed by atoms with van der Waals surface area (Å²) < 4.78 is 0. The molecule has 5 aliphatic rings. The van der Waals surface area contributed by atoms with E-state index in [9.17, 15) is 4.79 Å². The minimum atomic E-state index is 0. The molecule has 4 aliphatic carbocycles. The number of hydrogen-bond donors (Lipinski definition) is 1. The molecule has 0 radical (unpaired) electrons. The van der Waals surface area contributed by atoms with Crippen LogP contribution in [0.15, 0.2) is 24.3 Å². The van der Waals surface area contributed by atoms with Crippen LogP contribution in [0.2, 0.25) is 0 Å². The Hall–Kier alpha value is -1.35. The predicted octanol–water partition coefficient (Wildman–Crippen LogP) is 5.45. The van der Waals surface area contributed by atoms with Crippen LogP contribution in [0.5, 0.6) is 0 Å². The Kier molecular flexibility index (Phi) is 4.62. The first kappa shape index (κ1) is 19.6. The van der Waals surface area contributed by atoms with E-state index in [1.165, 1.54) is 56.3 Å². The van der Waals surface area contributed by atoms with Crippen molar-refractivity contribution in [1.82, 2.24) is 10.2 Å². The van der Waals surface area contributed by atoms with E-state index in [1.54, 1.807) is 6.42 Å². The highest BCUT2D eigenvalue weighted by Crippen LogP contribution is 2.76. The number of piperidine rings is 1. The fourth-order valence-electron chi connectivity index (χ4n) is 7.92. The van der Waals surface area contributed by atoms with Gasteiger partial charge in [-0.3, -0.25) is 4.79 Å². The molecule has 3 heteroatoms. The molecule has 1 aliphatic heterocycles. The highest BCUT2D eigenvalue weighted by Gasteiger charge is 2.71. The first-order valence-electron chi connectivity index (χ1n) is 11.8. The van der Waals surface area contributed by atoms with Crippen molar-refractivity contribution in [1.29, 1.82) is 0 Å². The average Bonchev–Trinajstić information content (AvgIpc) is 3.27. The van der Waals surface area contributed by atoms with Crippen LogP contribution in [0, 0.1) is 17.3 Å². The lowest BCUT2D eigenvalue weighted by Gasteiger charge is -2.53. The van der Waals surface area contributed by atoms with Gasteiger partial charge in [0.25, 0.3) is 0 Å². The number of nitrogens with one attached hydrogen (secondary N) is 1. The van der Waals surface area contributed by atoms with Crippen molar-refractivity contribution in [3.63, 3.8) is 0 Å². The lowest BCUT2D eigenvalue weighted by molar-refractivity contribution is -0.122. The topological polar surface area (TPSA) is 32.3 Å². The number of amides is 1. The smallest absolute Gasteiger partial charge is 0.220 e. The molecule has 1 aromatic carbocycles. The van der Waals surface area contributed by atoms with E-state index in [0.29, 0.717) is 6.42 Å². The molecule has 0 bridgehead atoms. The van der Waals surface area contributed by atoms with Gasteiger partial charge in [0.2, 0.25) is 5.91 Å². The summed E-state index contributed by atoms with van der Waals surface area (Å²) in [5.41, 5.74) is 4.04. The predicted molar refractivity (Wildman–Crippen MR) is 120 cm³/mol. The van der Waals surface area contributed by atoms with Gasteiger partial charge in [-0.05, 0) is 92.8 Å². The van der Waals surface area contributed by atoms with Crippen LogP contribution in [-0.4, -0.2) is 29.9 Å². The van der Waals surface area contributed by atoms with Crippen LogP contribution < -0.4 is 5.32 Å². The maximum Gasteiger partial charge on any atom is 0.220 e. The number of benzene rings is 1. The van der Waals surface area contributed by atoms with E-state index in [2.05, 4.69) is 41.4 Å². The normalized spacial score (nSPS) is 38.4. The van der Waals surface area contributed by atoms with Gasteiger partial charge < -0.3 is 10.2 Å². The zero-order chi connectivity index (χ0) is 18.9. The molecule has 3 saturated carbocycles. The lowest BCUT2D eigenvalue weighted by Crippen LogP contribution is -2.56. The van der Waals surface area contributed by atoms with Crippen molar-refractivity contribution in [2.24, 2.45) is 17.3 Å². The Labute approximate surface area is 178 Å². The molecule has 0 aromatic heterocycles. The van der Waals surface area contributed by atoms with Crippen molar-refractivity contribution in [3.05, 3.63) is 35.4 Å². The molecule has 3 nitrogen and oxygen atoms in total. The standard InChI is InChI=1S/C25H34N2O.CH4.H2/c1-2-5-23(28)26-21-15-24(19-7-4-3-6-18(19)21)10-12-27(13-11-24)22-16-25-14-17(25)8-9-20(22)25;;/h3-4,6-7,17,20-22H,2,5,8-16H2,1H3,(H,26,28);1H4;1H/t17-,20+,21+,22-,25?;;/m1../s1. The number of likely N-dealkylation sites (tertiary alicyclic amines) is 1. The average molecular weight is 397 g/mol. The van der Waals surface area contributed by atoms with Crippen molar-refractivity contribution in [2.75, 3.05) is 13.1 Å². The van der Waals surface area contributed by atoms with Crippen LogP contribution in [0.4, 0.5) is 0 Å². The quantitative estimate of drug-likeness (QED) is 0.734. The Morgan fingerprint density at radius 3 is 2.69 bits per heavy atom. The molecule has 1 aromatic rings. The highest BCUT2D eigenvalue weighted by atomic mass is 16.1. The van der Waals surface area contributed by atoms with Crippen LogP contribution in [-0.2, 0) is 10.2 Å². The van der Waals surface area contributed by atoms with Crippen LogP contribution in [0.1, 0.15) is 90.7 Å². The molecule has 1 unspecified atom stereocenters. The molecule has 6 rings (SSSR count). The molecular weight excluding hydrogens is 356 g/mol. The van der Waals surface area contributed by atoms with Crippen LogP contribution in [0.3, 0.4) is 0 Å². The van der Waals surface area contributed by atoms with Gasteiger partial charge in [0, 0.05) is 19.3 Å². The van der Waals surface area contributed by atoms with Crippen molar-refractivity contribution < 1.29 is 6.22 Å². The van der Waals surface area contributed by atoms with E-state index >= 15 is 0 Å². The maximum absolute atomic E-state index is 12.3. The van der Waals surface area contributed by atoms with Gasteiger partial charge in [-0.15, -0.1) is 0 Å². The van der Waals surface area contributed by atoms with E-state index < -0.39 is 0 Å². The molecule has 2 spiro atoms. The van der Waals surface area contributed by atoms with Gasteiger partial charge in [0.1, 0.15) is 0 Å². The minimum absolute atomic E-state index is 0. The second kappa shape index (κ2) is 6.83. The monoisotopic (exact) mass is 396 g/mol.